The van der Waals surface area contributed by atoms with Gasteiger partial charge in [0.2, 0.25) is 0 Å². The molecule has 13 heteroatoms. The number of anilines is 2. The summed E-state index contributed by atoms with van der Waals surface area (Å²) in [5, 5.41) is 17.9. The number of carbonyl (C=O) groups excluding carboxylic acids is 1. The van der Waals surface area contributed by atoms with E-state index >= 15 is 0 Å². The molecule has 42 heavy (non-hydrogen) atoms. The monoisotopic (exact) mass is 610 g/mol. The summed E-state index contributed by atoms with van der Waals surface area (Å²) < 4.78 is 76.0. The molecule has 1 fully saturated rings. The van der Waals surface area contributed by atoms with Gasteiger partial charge in [-0.15, -0.1) is 11.3 Å². The van der Waals surface area contributed by atoms with Crippen molar-refractivity contribution >= 4 is 38.7 Å². The fourth-order valence-electron chi connectivity index (χ4n) is 4.72. The Balaban J connectivity index is 1.61. The Labute approximate surface area is 244 Å². The van der Waals surface area contributed by atoms with E-state index in [0.29, 0.717) is 28.7 Å². The molecule has 3 aromatic rings. The van der Waals surface area contributed by atoms with E-state index in [2.05, 4.69) is 27.8 Å². The number of fused-ring (bicyclic) bond motifs is 1. The van der Waals surface area contributed by atoms with Gasteiger partial charge in [0, 0.05) is 26.2 Å². The molecule has 0 saturated carbocycles. The van der Waals surface area contributed by atoms with Crippen molar-refractivity contribution in [3.63, 3.8) is 0 Å². The average molecular weight is 611 g/mol. The number of aliphatic hydroxyl groups is 1. The number of aliphatic hydroxyl groups excluding tert-OH is 1. The van der Waals surface area contributed by atoms with Crippen molar-refractivity contribution < 1.29 is 36.6 Å². The number of benzene rings is 2. The van der Waals surface area contributed by atoms with Gasteiger partial charge in [-0.2, -0.15) is 13.2 Å². The first-order valence-electron chi connectivity index (χ1n) is 13.2. The number of likely N-dealkylation sites (tertiary alicyclic amines) is 1. The van der Waals surface area contributed by atoms with Gasteiger partial charge in [0.25, 0.3) is 5.91 Å². The Morgan fingerprint density at radius 1 is 1.26 bits per heavy atom. The van der Waals surface area contributed by atoms with Crippen molar-refractivity contribution in [3.05, 3.63) is 52.2 Å². The molecule has 226 valence electrons. The molecule has 7 nitrogen and oxygen atoms in total. The maximum absolute atomic E-state index is 14.7. The third-order valence-corrected chi connectivity index (χ3v) is 7.94. The lowest BCUT2D eigenvalue weighted by molar-refractivity contribution is -0.126. The maximum atomic E-state index is 14.7. The van der Waals surface area contributed by atoms with Crippen molar-refractivity contribution in [1.29, 1.82) is 0 Å². The molecule has 4 rings (SSSR count). The maximum Gasteiger partial charge on any atom is 0.393 e. The normalized spacial score (nSPS) is 17.4. The van der Waals surface area contributed by atoms with Crippen LogP contribution in [0.5, 0.6) is 5.75 Å². The van der Waals surface area contributed by atoms with Crippen LogP contribution in [0.3, 0.4) is 0 Å². The van der Waals surface area contributed by atoms with Crippen LogP contribution in [0.25, 0.3) is 10.1 Å². The molecule has 2 atom stereocenters. The summed E-state index contributed by atoms with van der Waals surface area (Å²) in [6.45, 7) is 0.455. The lowest BCUT2D eigenvalue weighted by Gasteiger charge is -2.33. The van der Waals surface area contributed by atoms with Gasteiger partial charge in [0.1, 0.15) is 24.3 Å². The van der Waals surface area contributed by atoms with Crippen molar-refractivity contribution in [2.24, 2.45) is 0 Å². The Morgan fingerprint density at radius 3 is 2.74 bits per heavy atom. The summed E-state index contributed by atoms with van der Waals surface area (Å²) in [7, 11) is 3.19. The molecule has 0 spiro atoms. The van der Waals surface area contributed by atoms with E-state index in [4.69, 9.17) is 9.84 Å². The largest absolute Gasteiger partial charge is 0.489 e. The van der Waals surface area contributed by atoms with E-state index in [-0.39, 0.29) is 53.7 Å². The summed E-state index contributed by atoms with van der Waals surface area (Å²) >= 11 is 1.10. The highest BCUT2D eigenvalue weighted by molar-refractivity contribution is 7.20. The first-order valence-corrected chi connectivity index (χ1v) is 14.0. The minimum Gasteiger partial charge on any atom is -0.489 e. The number of nitrogens with zero attached hydrogens (tertiary/aromatic N) is 1. The summed E-state index contributed by atoms with van der Waals surface area (Å²) in [5.41, 5.74) is 0.487. The molecule has 2 heterocycles. The number of hydrogen-bond donors (Lipinski definition) is 4. The van der Waals surface area contributed by atoms with Crippen molar-refractivity contribution in [2.45, 2.75) is 31.2 Å². The Kier molecular flexibility index (Phi) is 10.1. The molecule has 1 aromatic heterocycles. The minimum absolute atomic E-state index is 0.0340. The SMILES string of the molecule is CNC(=O)c1cc(OCCO)c(NCC#Cc2sc3c(NC4CCN(C)CC4F)cccc3c2CC(F)(F)F)cc1F. The van der Waals surface area contributed by atoms with Gasteiger partial charge in [0.05, 0.1) is 52.1 Å². The number of alkyl halides is 4. The highest BCUT2D eigenvalue weighted by atomic mass is 32.1. The molecule has 0 radical (unpaired) electrons. The number of ether oxygens (including phenoxy) is 1. The third-order valence-electron chi connectivity index (χ3n) is 6.74. The minimum atomic E-state index is -4.48. The van der Waals surface area contributed by atoms with Crippen molar-refractivity contribution in [1.82, 2.24) is 10.2 Å². The summed E-state index contributed by atoms with van der Waals surface area (Å²) in [6.07, 6.45) is -6.23. The number of rotatable bonds is 9. The summed E-state index contributed by atoms with van der Waals surface area (Å²) in [5.74, 6) is 4.22. The van der Waals surface area contributed by atoms with E-state index < -0.39 is 36.5 Å². The quantitative estimate of drug-likeness (QED) is 0.206. The predicted molar refractivity (Wildman–Crippen MR) is 154 cm³/mol. The van der Waals surface area contributed by atoms with Crippen LogP contribution < -0.4 is 20.7 Å². The van der Waals surface area contributed by atoms with E-state index in [1.807, 2.05) is 11.9 Å². The molecule has 1 aliphatic rings. The van der Waals surface area contributed by atoms with Crippen LogP contribution in [0, 0.1) is 17.7 Å². The zero-order chi connectivity index (χ0) is 30.4. The highest BCUT2D eigenvalue weighted by Gasteiger charge is 2.32. The van der Waals surface area contributed by atoms with Gasteiger partial charge >= 0.3 is 6.18 Å². The lowest BCUT2D eigenvalue weighted by atomic mass is 10.0. The second kappa shape index (κ2) is 13.6. The molecular weight excluding hydrogens is 579 g/mol. The van der Waals surface area contributed by atoms with Gasteiger partial charge in [-0.05, 0) is 36.6 Å². The average Bonchev–Trinajstić information content (AvgIpc) is 3.28. The number of piperidine rings is 1. The second-order valence-electron chi connectivity index (χ2n) is 9.84. The van der Waals surface area contributed by atoms with Gasteiger partial charge in [-0.1, -0.05) is 24.0 Å². The molecule has 1 amide bonds. The Bertz CT molecular complexity index is 1480. The van der Waals surface area contributed by atoms with Crippen LogP contribution in [0.4, 0.5) is 33.3 Å². The summed E-state index contributed by atoms with van der Waals surface area (Å²) in [6, 6.07) is 6.75. The molecule has 1 saturated heterocycles. The number of nitrogens with one attached hydrogen (secondary N) is 3. The number of halogens is 5. The van der Waals surface area contributed by atoms with Crippen LogP contribution in [0.2, 0.25) is 0 Å². The van der Waals surface area contributed by atoms with E-state index in [1.54, 1.807) is 18.2 Å². The van der Waals surface area contributed by atoms with Gasteiger partial charge < -0.3 is 30.7 Å². The number of carbonyl (C=O) groups is 1. The fourth-order valence-corrected chi connectivity index (χ4v) is 5.89. The summed E-state index contributed by atoms with van der Waals surface area (Å²) in [4.78, 5) is 14.1. The molecular formula is C29H31F5N4O3S. The lowest BCUT2D eigenvalue weighted by Crippen LogP contribution is -2.46. The van der Waals surface area contributed by atoms with Gasteiger partial charge in [-0.3, -0.25) is 4.79 Å². The smallest absolute Gasteiger partial charge is 0.393 e. The molecule has 2 aromatic carbocycles. The van der Waals surface area contributed by atoms with Crippen LogP contribution >= 0.6 is 11.3 Å². The van der Waals surface area contributed by atoms with Gasteiger partial charge in [0.15, 0.2) is 0 Å². The van der Waals surface area contributed by atoms with Crippen molar-refractivity contribution in [2.75, 3.05) is 57.6 Å². The third kappa shape index (κ3) is 7.61. The van der Waals surface area contributed by atoms with E-state index in [0.717, 1.165) is 17.4 Å². The molecule has 0 aliphatic carbocycles. The van der Waals surface area contributed by atoms with Crippen LogP contribution in [0.1, 0.15) is 27.2 Å². The van der Waals surface area contributed by atoms with E-state index in [9.17, 15) is 26.7 Å². The topological polar surface area (TPSA) is 85.9 Å². The van der Waals surface area contributed by atoms with Crippen molar-refractivity contribution in [3.8, 4) is 17.6 Å². The Morgan fingerprint density at radius 2 is 2.05 bits per heavy atom. The number of amides is 1. The predicted octanol–water partition coefficient (Wildman–Crippen LogP) is 4.79. The number of hydrogen-bond acceptors (Lipinski definition) is 7. The first-order chi connectivity index (χ1) is 20.0. The van der Waals surface area contributed by atoms with Crippen LogP contribution in [-0.2, 0) is 6.42 Å². The van der Waals surface area contributed by atoms with Crippen LogP contribution in [0.15, 0.2) is 30.3 Å². The molecule has 4 N–H and O–H groups in total. The molecule has 2 unspecified atom stereocenters. The zero-order valence-corrected chi connectivity index (χ0v) is 23.8. The van der Waals surface area contributed by atoms with Crippen LogP contribution in [-0.4, -0.2) is 81.2 Å². The second-order valence-corrected chi connectivity index (χ2v) is 10.9. The zero-order valence-electron chi connectivity index (χ0n) is 23.0. The first kappa shape index (κ1) is 31.3. The number of thiophene rings is 1. The molecule has 1 aliphatic heterocycles. The standard InChI is InChI=1S/C29H31F5N4O3S/c1-35-28(40)18-13-25(41-12-11-39)24(14-20(18)30)36-9-4-7-26-19(15-29(32,33)34)17-5-3-6-23(27(17)42-26)37-22-8-10-38(2)16-21(22)31/h3,5-6,13-14,21-22,36-37,39H,8-12,15-16H2,1-2H3,(H,35,40). The highest BCUT2D eigenvalue weighted by Crippen LogP contribution is 2.39. The van der Waals surface area contributed by atoms with Gasteiger partial charge in [-0.25, -0.2) is 8.78 Å². The molecule has 0 bridgehead atoms. The van der Waals surface area contributed by atoms with E-state index in [1.165, 1.54) is 13.1 Å². The Hall–Kier alpha value is -3.60. The fraction of sp³-hybridized carbons (Fsp3) is 0.414.